The van der Waals surface area contributed by atoms with E-state index in [2.05, 4.69) is 32.9 Å². The summed E-state index contributed by atoms with van der Waals surface area (Å²) in [7, 11) is 0. The maximum absolute atomic E-state index is 9.39. The van der Waals surface area contributed by atoms with E-state index in [9.17, 15) is 5.26 Å². The summed E-state index contributed by atoms with van der Waals surface area (Å²) in [5, 5.41) is 9.39. The van der Waals surface area contributed by atoms with Crippen LogP contribution in [-0.4, -0.2) is 6.61 Å². The Morgan fingerprint density at radius 3 is 2.42 bits per heavy atom. The minimum atomic E-state index is -0.259. The fourth-order valence-corrected chi connectivity index (χ4v) is 2.77. The van der Waals surface area contributed by atoms with Gasteiger partial charge in [0.15, 0.2) is 0 Å². The zero-order valence-corrected chi connectivity index (χ0v) is 12.2. The standard InChI is InChI=1S/C17H23NO/c1-16(2,3)14-8-4-5-9-15(14)19-13-17(12-18)10-6-7-11-17/h4-5,8-9H,6-7,10-11,13H2,1-3H3. The lowest BCUT2D eigenvalue weighted by Gasteiger charge is -2.26. The summed E-state index contributed by atoms with van der Waals surface area (Å²) in [6, 6.07) is 10.7. The molecule has 0 aliphatic heterocycles. The molecule has 1 aromatic rings. The SMILES string of the molecule is CC(C)(C)c1ccccc1OCC1(C#N)CCCC1. The summed E-state index contributed by atoms with van der Waals surface area (Å²) < 4.78 is 6.02. The normalized spacial score (nSPS) is 18.0. The Morgan fingerprint density at radius 2 is 1.84 bits per heavy atom. The number of para-hydroxylation sites is 1. The van der Waals surface area contributed by atoms with Gasteiger partial charge in [-0.15, -0.1) is 0 Å². The molecule has 1 fully saturated rings. The van der Waals surface area contributed by atoms with E-state index in [4.69, 9.17) is 4.74 Å². The number of benzene rings is 1. The van der Waals surface area contributed by atoms with Crippen LogP contribution in [0, 0.1) is 16.7 Å². The van der Waals surface area contributed by atoms with E-state index in [-0.39, 0.29) is 10.8 Å². The minimum Gasteiger partial charge on any atom is -0.492 e. The van der Waals surface area contributed by atoms with Crippen molar-refractivity contribution in [3.8, 4) is 11.8 Å². The van der Waals surface area contributed by atoms with Gasteiger partial charge in [-0.2, -0.15) is 5.26 Å². The van der Waals surface area contributed by atoms with Crippen molar-refractivity contribution < 1.29 is 4.74 Å². The highest BCUT2D eigenvalue weighted by atomic mass is 16.5. The molecule has 1 saturated carbocycles. The molecule has 2 rings (SSSR count). The summed E-state index contributed by atoms with van der Waals surface area (Å²) >= 11 is 0. The number of nitriles is 1. The largest absolute Gasteiger partial charge is 0.492 e. The first-order valence-electron chi connectivity index (χ1n) is 7.10. The zero-order chi connectivity index (χ0) is 13.9. The molecule has 0 N–H and O–H groups in total. The van der Waals surface area contributed by atoms with E-state index in [1.807, 2.05) is 18.2 Å². The average Bonchev–Trinajstić information content (AvgIpc) is 2.85. The van der Waals surface area contributed by atoms with Crippen molar-refractivity contribution in [2.75, 3.05) is 6.61 Å². The third-order valence-corrected chi connectivity index (χ3v) is 4.00. The molecule has 0 aromatic heterocycles. The highest BCUT2D eigenvalue weighted by molar-refractivity contribution is 5.38. The highest BCUT2D eigenvalue weighted by Gasteiger charge is 2.35. The predicted octanol–water partition coefficient (Wildman–Crippen LogP) is 4.45. The molecule has 0 amide bonds. The Bertz CT molecular complexity index is 473. The Balaban J connectivity index is 2.14. The lowest BCUT2D eigenvalue weighted by atomic mass is 9.86. The van der Waals surface area contributed by atoms with Gasteiger partial charge in [-0.1, -0.05) is 51.8 Å². The second-order valence-corrected chi connectivity index (χ2v) is 6.63. The first-order valence-corrected chi connectivity index (χ1v) is 7.10. The van der Waals surface area contributed by atoms with E-state index in [1.54, 1.807) is 0 Å². The fraction of sp³-hybridized carbons (Fsp3) is 0.588. The third-order valence-electron chi connectivity index (χ3n) is 4.00. The summed E-state index contributed by atoms with van der Waals surface area (Å²) in [4.78, 5) is 0. The Morgan fingerprint density at radius 1 is 1.21 bits per heavy atom. The van der Waals surface area contributed by atoms with Crippen molar-refractivity contribution in [2.45, 2.75) is 51.9 Å². The number of nitrogens with zero attached hydrogens (tertiary/aromatic N) is 1. The summed E-state index contributed by atoms with van der Waals surface area (Å²) in [6.45, 7) is 7.08. The molecule has 102 valence electrons. The van der Waals surface area contributed by atoms with Crippen molar-refractivity contribution in [1.82, 2.24) is 0 Å². The van der Waals surface area contributed by atoms with Gasteiger partial charge in [0.1, 0.15) is 12.4 Å². The van der Waals surface area contributed by atoms with E-state index >= 15 is 0 Å². The molecular weight excluding hydrogens is 234 g/mol. The second-order valence-electron chi connectivity index (χ2n) is 6.63. The molecule has 1 aromatic carbocycles. The molecular formula is C17H23NO. The molecule has 0 saturated heterocycles. The van der Waals surface area contributed by atoms with Gasteiger partial charge in [0.2, 0.25) is 0 Å². The van der Waals surface area contributed by atoms with Crippen molar-refractivity contribution in [3.05, 3.63) is 29.8 Å². The molecule has 0 heterocycles. The fourth-order valence-electron chi connectivity index (χ4n) is 2.77. The third kappa shape index (κ3) is 3.10. The summed E-state index contributed by atoms with van der Waals surface area (Å²) in [5.41, 5.74) is 1.01. The minimum absolute atomic E-state index is 0.0616. The lowest BCUT2D eigenvalue weighted by molar-refractivity contribution is 0.197. The van der Waals surface area contributed by atoms with Gasteiger partial charge < -0.3 is 4.74 Å². The van der Waals surface area contributed by atoms with E-state index < -0.39 is 0 Å². The number of hydrogen-bond donors (Lipinski definition) is 0. The van der Waals surface area contributed by atoms with Gasteiger partial charge in [-0.25, -0.2) is 0 Å². The van der Waals surface area contributed by atoms with Crippen LogP contribution in [0.2, 0.25) is 0 Å². The van der Waals surface area contributed by atoms with Gasteiger partial charge in [-0.3, -0.25) is 0 Å². The predicted molar refractivity (Wildman–Crippen MR) is 77.2 cm³/mol. The average molecular weight is 257 g/mol. The molecule has 0 unspecified atom stereocenters. The molecule has 1 aliphatic rings. The van der Waals surface area contributed by atoms with Crippen LogP contribution in [0.1, 0.15) is 52.0 Å². The molecule has 2 nitrogen and oxygen atoms in total. The highest BCUT2D eigenvalue weighted by Crippen LogP contribution is 2.39. The number of hydrogen-bond acceptors (Lipinski definition) is 2. The summed E-state index contributed by atoms with van der Waals surface area (Å²) in [6.07, 6.45) is 4.25. The van der Waals surface area contributed by atoms with Crippen LogP contribution >= 0.6 is 0 Å². The molecule has 1 aliphatic carbocycles. The molecule has 0 spiro atoms. The smallest absolute Gasteiger partial charge is 0.123 e. The van der Waals surface area contributed by atoms with Crippen molar-refractivity contribution in [1.29, 1.82) is 5.26 Å². The number of rotatable bonds is 3. The van der Waals surface area contributed by atoms with Crippen LogP contribution in [0.25, 0.3) is 0 Å². The van der Waals surface area contributed by atoms with Crippen molar-refractivity contribution in [2.24, 2.45) is 5.41 Å². The second kappa shape index (κ2) is 5.25. The Hall–Kier alpha value is -1.49. The zero-order valence-electron chi connectivity index (χ0n) is 12.2. The Kier molecular flexibility index (Phi) is 3.85. The Labute approximate surface area is 116 Å². The maximum atomic E-state index is 9.39. The van der Waals surface area contributed by atoms with Crippen LogP contribution in [0.15, 0.2) is 24.3 Å². The first kappa shape index (κ1) is 13.9. The summed E-state index contributed by atoms with van der Waals surface area (Å²) in [5.74, 6) is 0.927. The maximum Gasteiger partial charge on any atom is 0.123 e. The lowest BCUT2D eigenvalue weighted by Crippen LogP contribution is -2.24. The van der Waals surface area contributed by atoms with Crippen molar-refractivity contribution >= 4 is 0 Å². The molecule has 0 atom stereocenters. The van der Waals surface area contributed by atoms with E-state index in [1.165, 1.54) is 5.56 Å². The van der Waals surface area contributed by atoms with Crippen LogP contribution in [-0.2, 0) is 5.41 Å². The molecule has 19 heavy (non-hydrogen) atoms. The number of ether oxygens (including phenoxy) is 1. The van der Waals surface area contributed by atoms with Crippen LogP contribution < -0.4 is 4.74 Å². The van der Waals surface area contributed by atoms with E-state index in [0.717, 1.165) is 31.4 Å². The van der Waals surface area contributed by atoms with E-state index in [0.29, 0.717) is 6.61 Å². The first-order chi connectivity index (χ1) is 8.97. The monoisotopic (exact) mass is 257 g/mol. The molecule has 0 bridgehead atoms. The van der Waals surface area contributed by atoms with Crippen LogP contribution in [0.5, 0.6) is 5.75 Å². The molecule has 0 radical (unpaired) electrons. The van der Waals surface area contributed by atoms with Crippen LogP contribution in [0.4, 0.5) is 0 Å². The van der Waals surface area contributed by atoms with Crippen molar-refractivity contribution in [3.63, 3.8) is 0 Å². The van der Waals surface area contributed by atoms with Gasteiger partial charge >= 0.3 is 0 Å². The quantitative estimate of drug-likeness (QED) is 0.801. The van der Waals surface area contributed by atoms with Crippen LogP contribution in [0.3, 0.4) is 0 Å². The van der Waals surface area contributed by atoms with Gasteiger partial charge in [-0.05, 0) is 29.9 Å². The molecule has 2 heteroatoms. The topological polar surface area (TPSA) is 33.0 Å². The van der Waals surface area contributed by atoms with Gasteiger partial charge in [0.05, 0.1) is 11.5 Å². The van der Waals surface area contributed by atoms with Gasteiger partial charge in [0.25, 0.3) is 0 Å². The van der Waals surface area contributed by atoms with Gasteiger partial charge in [0, 0.05) is 0 Å².